The lowest BCUT2D eigenvalue weighted by Gasteiger charge is -2.27. The van der Waals surface area contributed by atoms with E-state index in [2.05, 4.69) is 31.2 Å². The molecule has 0 radical (unpaired) electrons. The predicted molar refractivity (Wildman–Crippen MR) is 76.2 cm³/mol. The highest BCUT2D eigenvalue weighted by molar-refractivity contribution is 9.10. The van der Waals surface area contributed by atoms with Crippen molar-refractivity contribution in [3.63, 3.8) is 0 Å². The molecule has 1 aliphatic heterocycles. The Bertz CT molecular complexity index is 474. The number of nitrogens with zero attached hydrogens (tertiary/aromatic N) is 3. The first-order valence-corrected chi connectivity index (χ1v) is 7.15. The minimum Gasteiger partial charge on any atom is -0.365 e. The molecule has 2 rings (SSSR count). The van der Waals surface area contributed by atoms with Crippen molar-refractivity contribution < 1.29 is 0 Å². The zero-order valence-electron chi connectivity index (χ0n) is 10.8. The largest absolute Gasteiger partial charge is 0.365 e. The predicted octanol–water partition coefficient (Wildman–Crippen LogP) is 1.21. The van der Waals surface area contributed by atoms with Crippen LogP contribution in [0.1, 0.15) is 19.8 Å². The summed E-state index contributed by atoms with van der Waals surface area (Å²) in [5, 5.41) is 7.41. The topological polar surface area (TPSA) is 50.2 Å². The highest BCUT2D eigenvalue weighted by Gasteiger charge is 2.26. The van der Waals surface area contributed by atoms with Gasteiger partial charge in [-0.1, -0.05) is 0 Å². The van der Waals surface area contributed by atoms with Gasteiger partial charge in [-0.3, -0.25) is 4.79 Å². The van der Waals surface area contributed by atoms with Gasteiger partial charge >= 0.3 is 0 Å². The van der Waals surface area contributed by atoms with Gasteiger partial charge < -0.3 is 10.2 Å². The van der Waals surface area contributed by atoms with Crippen LogP contribution in [0, 0.1) is 0 Å². The maximum Gasteiger partial charge on any atom is 0.283 e. The maximum absolute atomic E-state index is 12.1. The molecule has 100 valence electrons. The van der Waals surface area contributed by atoms with Crippen molar-refractivity contribution >= 4 is 21.6 Å². The molecule has 0 aromatic carbocycles. The standard InChI is InChI=1S/C12H19BrN4O/c1-3-17-12(18)11(13)10(8-15-17)16-6-4-5-9(16)7-14-2/h8-9,14H,3-7H2,1-2H3. The van der Waals surface area contributed by atoms with E-state index in [0.717, 1.165) is 31.6 Å². The van der Waals surface area contributed by atoms with Crippen LogP contribution in [0.5, 0.6) is 0 Å². The summed E-state index contributed by atoms with van der Waals surface area (Å²) in [4.78, 5) is 14.3. The molecule has 0 aliphatic carbocycles. The Kier molecular flexibility index (Phi) is 4.40. The molecule has 1 atom stereocenters. The smallest absolute Gasteiger partial charge is 0.283 e. The second kappa shape index (κ2) is 5.84. The van der Waals surface area contributed by atoms with Gasteiger partial charge in [0.25, 0.3) is 5.56 Å². The van der Waals surface area contributed by atoms with E-state index in [-0.39, 0.29) is 5.56 Å². The van der Waals surface area contributed by atoms with Crippen molar-refractivity contribution in [2.45, 2.75) is 32.4 Å². The summed E-state index contributed by atoms with van der Waals surface area (Å²) in [7, 11) is 1.96. The second-order valence-corrected chi connectivity index (χ2v) is 5.30. The van der Waals surface area contributed by atoms with Crippen molar-refractivity contribution in [1.29, 1.82) is 0 Å². The Balaban J connectivity index is 2.33. The van der Waals surface area contributed by atoms with E-state index in [4.69, 9.17) is 0 Å². The molecule has 1 fully saturated rings. The normalized spacial score (nSPS) is 19.5. The van der Waals surface area contributed by atoms with Crippen molar-refractivity contribution in [3.05, 3.63) is 21.0 Å². The molecule has 1 aliphatic rings. The van der Waals surface area contributed by atoms with Crippen LogP contribution >= 0.6 is 15.9 Å². The number of rotatable bonds is 4. The van der Waals surface area contributed by atoms with Gasteiger partial charge in [-0.2, -0.15) is 5.10 Å². The quantitative estimate of drug-likeness (QED) is 0.907. The summed E-state index contributed by atoms with van der Waals surface area (Å²) < 4.78 is 2.10. The van der Waals surface area contributed by atoms with E-state index in [0.29, 0.717) is 17.1 Å². The average molecular weight is 315 g/mol. The number of nitrogens with one attached hydrogen (secondary N) is 1. The van der Waals surface area contributed by atoms with Gasteiger partial charge in [0.2, 0.25) is 0 Å². The van der Waals surface area contributed by atoms with E-state index in [1.54, 1.807) is 6.20 Å². The Morgan fingerprint density at radius 1 is 1.61 bits per heavy atom. The molecule has 1 saturated heterocycles. The van der Waals surface area contributed by atoms with Crippen LogP contribution in [0.2, 0.25) is 0 Å². The number of hydrogen-bond donors (Lipinski definition) is 1. The molecule has 0 saturated carbocycles. The molecular weight excluding hydrogens is 296 g/mol. The van der Waals surface area contributed by atoms with Gasteiger partial charge in [-0.25, -0.2) is 4.68 Å². The zero-order chi connectivity index (χ0) is 13.1. The fourth-order valence-corrected chi connectivity index (χ4v) is 3.02. The summed E-state index contributed by atoms with van der Waals surface area (Å²) in [5.41, 5.74) is 0.868. The van der Waals surface area contributed by atoms with Crippen LogP contribution in [0.3, 0.4) is 0 Å². The molecule has 18 heavy (non-hydrogen) atoms. The molecule has 1 aromatic rings. The monoisotopic (exact) mass is 314 g/mol. The first-order valence-electron chi connectivity index (χ1n) is 6.36. The second-order valence-electron chi connectivity index (χ2n) is 4.51. The van der Waals surface area contributed by atoms with Crippen LogP contribution in [-0.2, 0) is 6.54 Å². The first-order chi connectivity index (χ1) is 8.69. The molecule has 0 amide bonds. The molecule has 0 bridgehead atoms. The van der Waals surface area contributed by atoms with Gasteiger partial charge in [0, 0.05) is 25.7 Å². The van der Waals surface area contributed by atoms with Crippen LogP contribution in [0.15, 0.2) is 15.5 Å². The van der Waals surface area contributed by atoms with Gasteiger partial charge in [0.1, 0.15) is 4.47 Å². The van der Waals surface area contributed by atoms with Gasteiger partial charge in [-0.05, 0) is 42.7 Å². The highest BCUT2D eigenvalue weighted by Crippen LogP contribution is 2.28. The van der Waals surface area contributed by atoms with Gasteiger partial charge in [0.15, 0.2) is 0 Å². The number of aromatic nitrogens is 2. The zero-order valence-corrected chi connectivity index (χ0v) is 12.4. The number of anilines is 1. The number of hydrogen-bond acceptors (Lipinski definition) is 4. The maximum atomic E-state index is 12.1. The number of likely N-dealkylation sites (N-methyl/N-ethyl adjacent to an activating group) is 1. The van der Waals surface area contributed by atoms with E-state index in [9.17, 15) is 4.79 Å². The number of aryl methyl sites for hydroxylation is 1. The molecule has 6 heteroatoms. The molecule has 1 unspecified atom stereocenters. The molecular formula is C12H19BrN4O. The van der Waals surface area contributed by atoms with Crippen LogP contribution < -0.4 is 15.8 Å². The van der Waals surface area contributed by atoms with Crippen molar-refractivity contribution in [1.82, 2.24) is 15.1 Å². The van der Waals surface area contributed by atoms with Crippen molar-refractivity contribution in [2.24, 2.45) is 0 Å². The highest BCUT2D eigenvalue weighted by atomic mass is 79.9. The van der Waals surface area contributed by atoms with Crippen molar-refractivity contribution in [2.75, 3.05) is 25.0 Å². The van der Waals surface area contributed by atoms with Gasteiger partial charge in [0.05, 0.1) is 11.9 Å². The first kappa shape index (κ1) is 13.5. The minimum atomic E-state index is -0.0508. The van der Waals surface area contributed by atoms with E-state index < -0.39 is 0 Å². The summed E-state index contributed by atoms with van der Waals surface area (Å²) in [6, 6.07) is 0.449. The Morgan fingerprint density at radius 3 is 3.06 bits per heavy atom. The fraction of sp³-hybridized carbons (Fsp3) is 0.667. The lowest BCUT2D eigenvalue weighted by Crippen LogP contribution is -2.38. The molecule has 1 N–H and O–H groups in total. The van der Waals surface area contributed by atoms with Gasteiger partial charge in [-0.15, -0.1) is 0 Å². The molecule has 5 nitrogen and oxygen atoms in total. The van der Waals surface area contributed by atoms with E-state index in [1.165, 1.54) is 4.68 Å². The van der Waals surface area contributed by atoms with Crippen LogP contribution in [0.25, 0.3) is 0 Å². The summed E-state index contributed by atoms with van der Waals surface area (Å²) in [5.74, 6) is 0. The third-order valence-electron chi connectivity index (χ3n) is 3.39. The van der Waals surface area contributed by atoms with E-state index >= 15 is 0 Å². The minimum absolute atomic E-state index is 0.0508. The lowest BCUT2D eigenvalue weighted by molar-refractivity contribution is 0.594. The SMILES string of the molecule is CCn1ncc(N2CCCC2CNC)c(Br)c1=O. The molecule has 2 heterocycles. The van der Waals surface area contributed by atoms with Crippen LogP contribution in [0.4, 0.5) is 5.69 Å². The third-order valence-corrected chi connectivity index (χ3v) is 4.14. The number of halogens is 1. The summed E-state index contributed by atoms with van der Waals surface area (Å²) in [6.45, 7) is 4.43. The molecule has 1 aromatic heterocycles. The summed E-state index contributed by atoms with van der Waals surface area (Å²) >= 11 is 3.43. The van der Waals surface area contributed by atoms with Crippen molar-refractivity contribution in [3.8, 4) is 0 Å². The lowest BCUT2D eigenvalue weighted by atomic mass is 10.2. The Labute approximate surface area is 115 Å². The summed E-state index contributed by atoms with van der Waals surface area (Å²) in [6.07, 6.45) is 4.11. The van der Waals surface area contributed by atoms with E-state index in [1.807, 2.05) is 14.0 Å². The third kappa shape index (κ3) is 2.44. The molecule has 0 spiro atoms. The fourth-order valence-electron chi connectivity index (χ4n) is 2.48. The van der Waals surface area contributed by atoms with Crippen LogP contribution in [-0.4, -0.2) is 36.0 Å². The average Bonchev–Trinajstić information content (AvgIpc) is 2.81. The Hall–Kier alpha value is -0.880. The Morgan fingerprint density at radius 2 is 2.39 bits per heavy atom.